The second-order valence-electron chi connectivity index (χ2n) is 5.20. The molecular weight excluding hydrogens is 346 g/mol. The number of hydrogen-bond donors (Lipinski definition) is 1. The summed E-state index contributed by atoms with van der Waals surface area (Å²) in [5.74, 6) is -0.296. The Balaban J connectivity index is 1.75. The molecule has 124 valence electrons. The highest BCUT2D eigenvalue weighted by Crippen LogP contribution is 2.19. The average molecular weight is 361 g/mol. The van der Waals surface area contributed by atoms with Crippen LogP contribution in [0.15, 0.2) is 59.3 Å². The molecule has 0 atom stereocenters. The third-order valence-electron chi connectivity index (χ3n) is 3.44. The minimum atomic E-state index is -3.30. The lowest BCUT2D eigenvalue weighted by molar-refractivity contribution is 0.0955. The van der Waals surface area contributed by atoms with Gasteiger partial charge < -0.3 is 9.88 Å². The summed E-state index contributed by atoms with van der Waals surface area (Å²) in [5, 5.41) is 4.30. The first kappa shape index (κ1) is 16.4. The van der Waals surface area contributed by atoms with Crippen molar-refractivity contribution in [1.29, 1.82) is 0 Å². The first-order valence-electron chi connectivity index (χ1n) is 7.08. The molecule has 3 aromatic rings. The molecule has 3 rings (SSSR count). The summed E-state index contributed by atoms with van der Waals surface area (Å²) in [6.45, 7) is 0.333. The number of sulfone groups is 1. The van der Waals surface area contributed by atoms with Gasteiger partial charge in [-0.05, 0) is 17.7 Å². The number of benzene rings is 1. The van der Waals surface area contributed by atoms with Crippen LogP contribution in [0, 0.1) is 0 Å². The van der Waals surface area contributed by atoms with Gasteiger partial charge in [-0.2, -0.15) is 0 Å². The van der Waals surface area contributed by atoms with Crippen molar-refractivity contribution in [2.45, 2.75) is 11.4 Å². The van der Waals surface area contributed by atoms with Crippen molar-refractivity contribution < 1.29 is 13.2 Å². The van der Waals surface area contributed by atoms with Crippen LogP contribution in [0.4, 0.5) is 0 Å². The first-order valence-corrected chi connectivity index (χ1v) is 9.85. The van der Waals surface area contributed by atoms with Crippen LogP contribution in [0.1, 0.15) is 15.2 Å². The lowest BCUT2D eigenvalue weighted by atomic mass is 10.1. The molecule has 0 fully saturated rings. The van der Waals surface area contributed by atoms with Crippen molar-refractivity contribution in [3.8, 4) is 5.69 Å². The van der Waals surface area contributed by atoms with Crippen LogP contribution in [0.25, 0.3) is 5.69 Å². The third kappa shape index (κ3) is 3.55. The number of carbonyl (C=O) groups excluding carboxylic acids is 1. The Labute approximate surface area is 143 Å². The second kappa shape index (κ2) is 6.58. The maximum absolute atomic E-state index is 12.2. The monoisotopic (exact) mass is 361 g/mol. The fraction of sp³-hybridized carbons (Fsp3) is 0.125. The summed E-state index contributed by atoms with van der Waals surface area (Å²) in [6.07, 6.45) is 6.34. The standard InChI is InChI=1S/C16H15N3O3S2/c1-24(21,22)13-8-15(23-10-13)16(20)18-9-12-4-2-3-5-14(12)19-7-6-17-11-19/h2-8,10-11H,9H2,1H3,(H,18,20). The van der Waals surface area contributed by atoms with Crippen molar-refractivity contribution in [3.63, 3.8) is 0 Å². The molecule has 0 aliphatic rings. The van der Waals surface area contributed by atoms with E-state index in [-0.39, 0.29) is 10.8 Å². The molecule has 1 N–H and O–H groups in total. The van der Waals surface area contributed by atoms with Crippen LogP contribution in [-0.4, -0.2) is 30.1 Å². The van der Waals surface area contributed by atoms with Crippen molar-refractivity contribution in [2.75, 3.05) is 6.26 Å². The normalized spacial score (nSPS) is 11.4. The summed E-state index contributed by atoms with van der Waals surface area (Å²) in [5.41, 5.74) is 1.86. The number of rotatable bonds is 5. The van der Waals surface area contributed by atoms with Crippen LogP contribution >= 0.6 is 11.3 Å². The maximum Gasteiger partial charge on any atom is 0.261 e. The zero-order valence-corrected chi connectivity index (χ0v) is 14.5. The van der Waals surface area contributed by atoms with Gasteiger partial charge in [-0.15, -0.1) is 11.3 Å². The largest absolute Gasteiger partial charge is 0.347 e. The molecular formula is C16H15N3O3S2. The lowest BCUT2D eigenvalue weighted by Gasteiger charge is -2.10. The van der Waals surface area contributed by atoms with E-state index in [1.807, 2.05) is 35.0 Å². The Morgan fingerprint density at radius 3 is 2.79 bits per heavy atom. The van der Waals surface area contributed by atoms with E-state index >= 15 is 0 Å². The molecule has 2 heterocycles. The van der Waals surface area contributed by atoms with Gasteiger partial charge in [-0.3, -0.25) is 4.79 Å². The molecule has 2 aromatic heterocycles. The fourth-order valence-corrected chi connectivity index (χ4v) is 4.14. The minimum absolute atomic E-state index is 0.163. The third-order valence-corrected chi connectivity index (χ3v) is 5.61. The highest BCUT2D eigenvalue weighted by Gasteiger charge is 2.15. The topological polar surface area (TPSA) is 81.1 Å². The number of imidazole rings is 1. The Morgan fingerprint density at radius 2 is 2.12 bits per heavy atom. The van der Waals surface area contributed by atoms with E-state index < -0.39 is 9.84 Å². The van der Waals surface area contributed by atoms with E-state index in [1.165, 1.54) is 11.4 Å². The van der Waals surface area contributed by atoms with Crippen LogP contribution in [-0.2, 0) is 16.4 Å². The van der Waals surface area contributed by atoms with Gasteiger partial charge in [0.2, 0.25) is 0 Å². The summed E-state index contributed by atoms with van der Waals surface area (Å²) in [6, 6.07) is 9.08. The number of nitrogens with zero attached hydrogens (tertiary/aromatic N) is 2. The van der Waals surface area contributed by atoms with Crippen molar-refractivity contribution in [2.24, 2.45) is 0 Å². The molecule has 6 nitrogen and oxygen atoms in total. The Kier molecular flexibility index (Phi) is 4.50. The van der Waals surface area contributed by atoms with Crippen LogP contribution < -0.4 is 5.32 Å². The quantitative estimate of drug-likeness (QED) is 0.756. The molecule has 0 spiro atoms. The Morgan fingerprint density at radius 1 is 1.33 bits per heavy atom. The molecule has 0 radical (unpaired) electrons. The molecule has 0 aliphatic carbocycles. The Bertz CT molecular complexity index is 960. The van der Waals surface area contributed by atoms with Gasteiger partial charge in [0.15, 0.2) is 9.84 Å². The molecule has 24 heavy (non-hydrogen) atoms. The summed E-state index contributed by atoms with van der Waals surface area (Å²) >= 11 is 1.12. The number of aromatic nitrogens is 2. The van der Waals surface area contributed by atoms with Gasteiger partial charge in [-0.25, -0.2) is 13.4 Å². The highest BCUT2D eigenvalue weighted by molar-refractivity contribution is 7.90. The maximum atomic E-state index is 12.2. The van der Waals surface area contributed by atoms with E-state index in [2.05, 4.69) is 10.3 Å². The van der Waals surface area contributed by atoms with Crippen LogP contribution in [0.5, 0.6) is 0 Å². The smallest absolute Gasteiger partial charge is 0.261 e. The SMILES string of the molecule is CS(=O)(=O)c1csc(C(=O)NCc2ccccc2-n2ccnc2)c1. The summed E-state index contributed by atoms with van der Waals surface area (Å²) in [7, 11) is -3.30. The first-order chi connectivity index (χ1) is 11.4. The number of para-hydroxylation sites is 1. The molecule has 8 heteroatoms. The number of hydrogen-bond acceptors (Lipinski definition) is 5. The molecule has 0 saturated carbocycles. The molecule has 0 unspecified atom stereocenters. The number of carbonyl (C=O) groups is 1. The molecule has 0 aliphatic heterocycles. The minimum Gasteiger partial charge on any atom is -0.347 e. The van der Waals surface area contributed by atoms with Gasteiger partial charge in [-0.1, -0.05) is 18.2 Å². The number of amides is 1. The molecule has 1 amide bonds. The van der Waals surface area contributed by atoms with Gasteiger partial charge in [0.05, 0.1) is 21.8 Å². The predicted molar refractivity (Wildman–Crippen MR) is 92.2 cm³/mol. The van der Waals surface area contributed by atoms with Crippen LogP contribution in [0.3, 0.4) is 0 Å². The summed E-state index contributed by atoms with van der Waals surface area (Å²) < 4.78 is 24.9. The van der Waals surface area contributed by atoms with E-state index in [4.69, 9.17) is 0 Å². The molecule has 1 aromatic carbocycles. The van der Waals surface area contributed by atoms with E-state index in [1.54, 1.807) is 12.5 Å². The van der Waals surface area contributed by atoms with Crippen molar-refractivity contribution in [1.82, 2.24) is 14.9 Å². The van der Waals surface area contributed by atoms with Crippen molar-refractivity contribution in [3.05, 3.63) is 64.9 Å². The zero-order valence-electron chi connectivity index (χ0n) is 12.8. The average Bonchev–Trinajstić information content (AvgIpc) is 3.23. The number of nitrogens with one attached hydrogen (secondary N) is 1. The summed E-state index contributed by atoms with van der Waals surface area (Å²) in [4.78, 5) is 16.8. The zero-order chi connectivity index (χ0) is 17.2. The van der Waals surface area contributed by atoms with Gasteiger partial charge in [0.25, 0.3) is 5.91 Å². The van der Waals surface area contributed by atoms with E-state index in [0.717, 1.165) is 28.8 Å². The van der Waals surface area contributed by atoms with E-state index in [9.17, 15) is 13.2 Å². The lowest BCUT2D eigenvalue weighted by Crippen LogP contribution is -2.22. The van der Waals surface area contributed by atoms with Gasteiger partial charge in [0, 0.05) is 30.6 Å². The second-order valence-corrected chi connectivity index (χ2v) is 8.13. The molecule has 0 saturated heterocycles. The van der Waals surface area contributed by atoms with E-state index in [0.29, 0.717) is 11.4 Å². The number of thiophene rings is 1. The van der Waals surface area contributed by atoms with Gasteiger partial charge >= 0.3 is 0 Å². The van der Waals surface area contributed by atoms with Crippen LogP contribution in [0.2, 0.25) is 0 Å². The van der Waals surface area contributed by atoms with Crippen molar-refractivity contribution >= 4 is 27.1 Å². The Hall–Kier alpha value is -2.45. The highest BCUT2D eigenvalue weighted by atomic mass is 32.2. The van der Waals surface area contributed by atoms with Gasteiger partial charge in [0.1, 0.15) is 0 Å². The fourth-order valence-electron chi connectivity index (χ4n) is 2.21. The molecule has 0 bridgehead atoms. The predicted octanol–water partition coefficient (Wildman–Crippen LogP) is 2.27.